The van der Waals surface area contributed by atoms with Crippen molar-refractivity contribution in [3.05, 3.63) is 63.9 Å². The van der Waals surface area contributed by atoms with Gasteiger partial charge >= 0.3 is 12.1 Å². The molecule has 1 saturated heterocycles. The minimum absolute atomic E-state index is 0.0750. The van der Waals surface area contributed by atoms with Gasteiger partial charge in [-0.15, -0.1) is 6.58 Å². The second kappa shape index (κ2) is 10.6. The summed E-state index contributed by atoms with van der Waals surface area (Å²) in [5.74, 6) is -1.67. The quantitative estimate of drug-likeness (QED) is 0.141. The van der Waals surface area contributed by atoms with Crippen molar-refractivity contribution in [2.45, 2.75) is 45.9 Å². The third kappa shape index (κ3) is 5.32. The fourth-order valence-electron chi connectivity index (χ4n) is 3.53. The lowest BCUT2D eigenvalue weighted by Gasteiger charge is -2.49. The van der Waals surface area contributed by atoms with Gasteiger partial charge in [0.15, 0.2) is 0 Å². The van der Waals surface area contributed by atoms with Crippen LogP contribution in [-0.2, 0) is 30.4 Å². The summed E-state index contributed by atoms with van der Waals surface area (Å²) in [6, 6.07) is 5.11. The van der Waals surface area contributed by atoms with Gasteiger partial charge in [0.1, 0.15) is 18.4 Å². The molecule has 0 radical (unpaired) electrons. The third-order valence-electron chi connectivity index (χ3n) is 5.06. The molecule has 1 fully saturated rings. The summed E-state index contributed by atoms with van der Waals surface area (Å²) in [4.78, 5) is 48.7. The van der Waals surface area contributed by atoms with Gasteiger partial charge in [-0.1, -0.05) is 6.08 Å². The Labute approximate surface area is 185 Å². The van der Waals surface area contributed by atoms with Gasteiger partial charge in [-0.25, -0.2) is 9.59 Å². The second-order valence-electron chi connectivity index (χ2n) is 7.45. The van der Waals surface area contributed by atoms with Crippen LogP contribution in [0.2, 0.25) is 0 Å². The van der Waals surface area contributed by atoms with Crippen LogP contribution in [0, 0.1) is 16.0 Å². The molecule has 3 atom stereocenters. The lowest BCUT2D eigenvalue weighted by molar-refractivity contribution is -0.384. The zero-order chi connectivity index (χ0) is 24.0. The fourth-order valence-corrected chi connectivity index (χ4v) is 3.53. The fraction of sp³-hybridized carbons (Fsp3) is 0.409. The predicted octanol–water partition coefficient (Wildman–Crippen LogP) is 3.51. The molecule has 0 N–H and O–H groups in total. The SMILES string of the molecule is C=CC[C@@H]1[C@H](C(C)OC(=O)OCc2ccc([N+](=O)[O-])cc2)C(=O)N1C(C(=O)OC)=C(C)C. The number of amides is 1. The summed E-state index contributed by atoms with van der Waals surface area (Å²) in [6.07, 6.45) is 0.214. The van der Waals surface area contributed by atoms with Crippen molar-refractivity contribution in [1.82, 2.24) is 4.90 Å². The molecule has 0 saturated carbocycles. The molecule has 0 aliphatic carbocycles. The molecule has 172 valence electrons. The van der Waals surface area contributed by atoms with Gasteiger partial charge in [-0.3, -0.25) is 14.9 Å². The van der Waals surface area contributed by atoms with E-state index in [-0.39, 0.29) is 23.9 Å². The second-order valence-corrected chi connectivity index (χ2v) is 7.45. The first-order chi connectivity index (χ1) is 15.1. The van der Waals surface area contributed by atoms with Gasteiger partial charge in [0.05, 0.1) is 24.0 Å². The van der Waals surface area contributed by atoms with E-state index in [1.54, 1.807) is 26.8 Å². The van der Waals surface area contributed by atoms with Crippen molar-refractivity contribution in [3.63, 3.8) is 0 Å². The molecule has 1 unspecified atom stereocenters. The number of carbonyl (C=O) groups is 3. The van der Waals surface area contributed by atoms with Crippen LogP contribution < -0.4 is 0 Å². The minimum atomic E-state index is -0.977. The number of likely N-dealkylation sites (tertiary alicyclic amines) is 1. The van der Waals surface area contributed by atoms with E-state index in [2.05, 4.69) is 6.58 Å². The Kier molecular flexibility index (Phi) is 8.11. The maximum Gasteiger partial charge on any atom is 0.508 e. The van der Waals surface area contributed by atoms with Crippen LogP contribution in [0.5, 0.6) is 0 Å². The van der Waals surface area contributed by atoms with Crippen molar-refractivity contribution >= 4 is 23.7 Å². The molecule has 1 aromatic rings. The van der Waals surface area contributed by atoms with Crippen molar-refractivity contribution in [1.29, 1.82) is 0 Å². The van der Waals surface area contributed by atoms with Gasteiger partial charge in [0.25, 0.3) is 5.69 Å². The number of benzene rings is 1. The molecule has 1 aliphatic rings. The van der Waals surface area contributed by atoms with E-state index < -0.39 is 35.1 Å². The van der Waals surface area contributed by atoms with Crippen LogP contribution in [0.25, 0.3) is 0 Å². The first-order valence-electron chi connectivity index (χ1n) is 9.88. The van der Waals surface area contributed by atoms with Gasteiger partial charge in [0, 0.05) is 12.1 Å². The smallest absolute Gasteiger partial charge is 0.464 e. The summed E-state index contributed by atoms with van der Waals surface area (Å²) < 4.78 is 15.1. The van der Waals surface area contributed by atoms with Gasteiger partial charge in [0.2, 0.25) is 5.91 Å². The molecule has 1 amide bonds. The number of rotatable bonds is 9. The summed E-state index contributed by atoms with van der Waals surface area (Å²) in [6.45, 7) is 8.53. The Balaban J connectivity index is 2.02. The first-order valence-corrected chi connectivity index (χ1v) is 9.88. The monoisotopic (exact) mass is 446 g/mol. The average Bonchev–Trinajstić information content (AvgIpc) is 2.75. The topological polar surface area (TPSA) is 125 Å². The highest BCUT2D eigenvalue weighted by molar-refractivity contribution is 5.99. The minimum Gasteiger partial charge on any atom is -0.464 e. The van der Waals surface area contributed by atoms with E-state index in [0.29, 0.717) is 17.6 Å². The van der Waals surface area contributed by atoms with Crippen molar-refractivity contribution in [2.24, 2.45) is 5.92 Å². The predicted molar refractivity (Wildman–Crippen MR) is 113 cm³/mol. The Morgan fingerprint density at radius 3 is 2.41 bits per heavy atom. The molecular weight excluding hydrogens is 420 g/mol. The highest BCUT2D eigenvalue weighted by atomic mass is 16.7. The normalized spacial score (nSPS) is 18.1. The summed E-state index contributed by atoms with van der Waals surface area (Å²) >= 11 is 0. The number of non-ortho nitro benzene ring substituents is 1. The van der Waals surface area contributed by atoms with Gasteiger partial charge in [-0.05, 0) is 50.5 Å². The molecule has 10 nitrogen and oxygen atoms in total. The molecule has 2 rings (SSSR count). The lowest BCUT2D eigenvalue weighted by Crippen LogP contribution is -2.64. The van der Waals surface area contributed by atoms with Crippen LogP contribution in [0.15, 0.2) is 48.2 Å². The number of esters is 1. The van der Waals surface area contributed by atoms with E-state index >= 15 is 0 Å². The van der Waals surface area contributed by atoms with Crippen molar-refractivity contribution in [3.8, 4) is 0 Å². The largest absolute Gasteiger partial charge is 0.508 e. The zero-order valence-electron chi connectivity index (χ0n) is 18.4. The molecule has 32 heavy (non-hydrogen) atoms. The van der Waals surface area contributed by atoms with Crippen LogP contribution in [0.3, 0.4) is 0 Å². The van der Waals surface area contributed by atoms with Gasteiger partial charge in [-0.2, -0.15) is 0 Å². The molecule has 0 spiro atoms. The Morgan fingerprint density at radius 1 is 1.28 bits per heavy atom. The number of hydrogen-bond acceptors (Lipinski definition) is 8. The Hall–Kier alpha value is -3.69. The molecule has 0 bridgehead atoms. The molecule has 1 aliphatic heterocycles. The Morgan fingerprint density at radius 2 is 1.91 bits per heavy atom. The first kappa shape index (κ1) is 24.6. The van der Waals surface area contributed by atoms with Crippen molar-refractivity contribution < 1.29 is 33.5 Å². The maximum absolute atomic E-state index is 12.9. The highest BCUT2D eigenvalue weighted by Crippen LogP contribution is 2.38. The number of hydrogen-bond donors (Lipinski definition) is 0. The third-order valence-corrected chi connectivity index (χ3v) is 5.06. The van der Waals surface area contributed by atoms with E-state index in [1.807, 2.05) is 0 Å². The van der Waals surface area contributed by atoms with Crippen molar-refractivity contribution in [2.75, 3.05) is 7.11 Å². The Bertz CT molecular complexity index is 934. The van der Waals surface area contributed by atoms with Crippen LogP contribution in [0.4, 0.5) is 10.5 Å². The van der Waals surface area contributed by atoms with Crippen LogP contribution in [-0.4, -0.2) is 47.1 Å². The van der Waals surface area contributed by atoms with E-state index in [9.17, 15) is 24.5 Å². The van der Waals surface area contributed by atoms with Crippen LogP contribution in [0.1, 0.15) is 32.8 Å². The molecule has 0 aromatic heterocycles. The average molecular weight is 446 g/mol. The van der Waals surface area contributed by atoms with Crippen LogP contribution >= 0.6 is 0 Å². The standard InChI is InChI=1S/C22H26N2O8/c1-6-7-17-18(20(25)23(17)19(13(2)3)21(26)30-5)14(4)32-22(27)31-12-15-8-10-16(11-9-15)24(28)29/h6,8-11,14,17-18H,1,7,12H2,2-5H3/t14?,17-,18+/m1/s1. The summed E-state index contributed by atoms with van der Waals surface area (Å²) in [5, 5.41) is 10.7. The summed E-state index contributed by atoms with van der Waals surface area (Å²) in [5.41, 5.74) is 1.25. The number of allylic oxidation sites excluding steroid dienone is 1. The maximum atomic E-state index is 12.9. The van der Waals surface area contributed by atoms with E-state index in [4.69, 9.17) is 14.2 Å². The number of nitrogens with zero attached hydrogens (tertiary/aromatic N) is 2. The lowest BCUT2D eigenvalue weighted by atomic mass is 9.80. The van der Waals surface area contributed by atoms with E-state index in [0.717, 1.165) is 0 Å². The molecule has 1 aromatic carbocycles. The van der Waals surface area contributed by atoms with E-state index in [1.165, 1.54) is 36.3 Å². The number of methoxy groups -OCH3 is 1. The zero-order valence-corrected chi connectivity index (χ0v) is 18.4. The molecule has 1 heterocycles. The number of β-lactam (4-membered cyclic amide) rings is 1. The number of ether oxygens (including phenoxy) is 3. The highest BCUT2D eigenvalue weighted by Gasteiger charge is 2.53. The molecule has 10 heteroatoms. The van der Waals surface area contributed by atoms with Gasteiger partial charge < -0.3 is 19.1 Å². The number of nitro benzene ring substituents is 1. The summed E-state index contributed by atoms with van der Waals surface area (Å²) in [7, 11) is 1.24. The molecular formula is C22H26N2O8. The number of carbonyl (C=O) groups excluding carboxylic acids is 3. The number of nitro groups is 1.